The maximum atomic E-state index is 13.6. The van der Waals surface area contributed by atoms with Gasteiger partial charge in [-0.25, -0.2) is 18.6 Å². The lowest BCUT2D eigenvalue weighted by atomic mass is 9.80. The first kappa shape index (κ1) is 23.5. The summed E-state index contributed by atoms with van der Waals surface area (Å²) in [5, 5.41) is 4.65. The van der Waals surface area contributed by atoms with Gasteiger partial charge in [0.05, 0.1) is 16.8 Å². The van der Waals surface area contributed by atoms with Gasteiger partial charge < -0.3 is 15.5 Å². The fraction of sp³-hybridized carbons (Fsp3) is 0.632. The van der Waals surface area contributed by atoms with Crippen LogP contribution < -0.4 is 10.6 Å². The van der Waals surface area contributed by atoms with Gasteiger partial charge in [0.25, 0.3) is 0 Å². The Morgan fingerprint density at radius 1 is 1.32 bits per heavy atom. The van der Waals surface area contributed by atoms with Gasteiger partial charge in [-0.1, -0.05) is 11.6 Å². The van der Waals surface area contributed by atoms with Crippen molar-refractivity contribution in [2.24, 2.45) is 5.92 Å². The van der Waals surface area contributed by atoms with E-state index in [0.29, 0.717) is 0 Å². The molecule has 2 atom stereocenters. The smallest absolute Gasteiger partial charge is 0.353 e. The lowest BCUT2D eigenvalue weighted by Crippen LogP contribution is -2.58. The number of alkyl halides is 5. The first-order valence-electron chi connectivity index (χ1n) is 9.85. The molecule has 1 aromatic heterocycles. The fourth-order valence-electron chi connectivity index (χ4n) is 3.93. The number of rotatable bonds is 3. The van der Waals surface area contributed by atoms with Crippen LogP contribution in [0.25, 0.3) is 0 Å². The zero-order valence-electron chi connectivity index (χ0n) is 16.6. The maximum Gasteiger partial charge on any atom is 0.434 e. The highest BCUT2D eigenvalue weighted by molar-refractivity contribution is 6.31. The number of nitrogens with one attached hydrogen (secondary N) is 2. The number of nitrogens with zero attached hydrogens (tertiary/aromatic N) is 2. The van der Waals surface area contributed by atoms with Crippen molar-refractivity contribution in [2.45, 2.75) is 56.8 Å². The SMILES string of the molecule is C[C@@H]1C(=O)NCCN1C(=O)NC(c1ccc(Cl)c(C(F)(F)F)n1)C1CCC(F)(F)CC1. The van der Waals surface area contributed by atoms with Gasteiger partial charge in [-0.2, -0.15) is 13.2 Å². The van der Waals surface area contributed by atoms with Crippen LogP contribution in [-0.4, -0.2) is 46.9 Å². The van der Waals surface area contributed by atoms with Crippen LogP contribution in [0.1, 0.15) is 50.0 Å². The molecule has 31 heavy (non-hydrogen) atoms. The highest BCUT2D eigenvalue weighted by Gasteiger charge is 2.41. The van der Waals surface area contributed by atoms with E-state index in [0.717, 1.165) is 6.07 Å². The molecule has 1 saturated heterocycles. The summed E-state index contributed by atoms with van der Waals surface area (Å²) in [7, 11) is 0. The van der Waals surface area contributed by atoms with E-state index in [-0.39, 0.29) is 37.5 Å². The first-order chi connectivity index (χ1) is 14.4. The summed E-state index contributed by atoms with van der Waals surface area (Å²) in [4.78, 5) is 29.6. The van der Waals surface area contributed by atoms with Gasteiger partial charge in [0, 0.05) is 25.9 Å². The maximum absolute atomic E-state index is 13.6. The Morgan fingerprint density at radius 3 is 2.58 bits per heavy atom. The summed E-state index contributed by atoms with van der Waals surface area (Å²) >= 11 is 5.65. The van der Waals surface area contributed by atoms with Crippen molar-refractivity contribution in [3.05, 3.63) is 28.5 Å². The molecule has 2 heterocycles. The Kier molecular flexibility index (Phi) is 6.64. The highest BCUT2D eigenvalue weighted by Crippen LogP contribution is 2.42. The number of piperazine rings is 1. The molecule has 0 bridgehead atoms. The molecule has 2 aliphatic rings. The van der Waals surface area contributed by atoms with Gasteiger partial charge in [0.1, 0.15) is 6.04 Å². The summed E-state index contributed by atoms with van der Waals surface area (Å²) in [6.45, 7) is 1.96. The van der Waals surface area contributed by atoms with Crippen LogP contribution in [0, 0.1) is 5.92 Å². The summed E-state index contributed by atoms with van der Waals surface area (Å²) < 4.78 is 67.2. The molecule has 3 amide bonds. The van der Waals surface area contributed by atoms with Gasteiger partial charge in [-0.05, 0) is 37.8 Å². The molecule has 1 unspecified atom stereocenters. The van der Waals surface area contributed by atoms with Crippen molar-refractivity contribution in [1.82, 2.24) is 20.5 Å². The van der Waals surface area contributed by atoms with Crippen molar-refractivity contribution >= 4 is 23.5 Å². The molecule has 1 aromatic rings. The molecule has 3 rings (SSSR count). The predicted octanol–water partition coefficient (Wildman–Crippen LogP) is 4.15. The quantitative estimate of drug-likeness (QED) is 0.654. The minimum Gasteiger partial charge on any atom is -0.353 e. The average Bonchev–Trinajstić information content (AvgIpc) is 2.68. The van der Waals surface area contributed by atoms with E-state index in [9.17, 15) is 31.5 Å². The van der Waals surface area contributed by atoms with Crippen molar-refractivity contribution in [1.29, 1.82) is 0 Å². The van der Waals surface area contributed by atoms with Crippen molar-refractivity contribution < 1.29 is 31.5 Å². The van der Waals surface area contributed by atoms with Crippen LogP contribution in [0.4, 0.5) is 26.7 Å². The number of pyridine rings is 1. The van der Waals surface area contributed by atoms with Crippen LogP contribution in [0.2, 0.25) is 5.02 Å². The summed E-state index contributed by atoms with van der Waals surface area (Å²) in [6.07, 6.45) is -5.70. The van der Waals surface area contributed by atoms with Gasteiger partial charge in [0.15, 0.2) is 5.69 Å². The monoisotopic (exact) mass is 468 g/mol. The average molecular weight is 469 g/mol. The normalized spacial score (nSPS) is 23.3. The molecule has 6 nitrogen and oxygen atoms in total. The predicted molar refractivity (Wildman–Crippen MR) is 102 cm³/mol. The van der Waals surface area contributed by atoms with E-state index in [4.69, 9.17) is 11.6 Å². The topological polar surface area (TPSA) is 74.3 Å². The van der Waals surface area contributed by atoms with Crippen LogP contribution in [-0.2, 0) is 11.0 Å². The number of hydrogen-bond acceptors (Lipinski definition) is 3. The minimum absolute atomic E-state index is 0.000353. The summed E-state index contributed by atoms with van der Waals surface area (Å²) in [5.41, 5.74) is -1.42. The largest absolute Gasteiger partial charge is 0.434 e. The number of hydrogen-bond donors (Lipinski definition) is 2. The number of carbonyl (C=O) groups excluding carboxylic acids is 2. The molecule has 12 heteroatoms. The zero-order valence-corrected chi connectivity index (χ0v) is 17.4. The molecule has 0 radical (unpaired) electrons. The van der Waals surface area contributed by atoms with Gasteiger partial charge in [-0.15, -0.1) is 0 Å². The van der Waals surface area contributed by atoms with Gasteiger partial charge in [-0.3, -0.25) is 4.79 Å². The summed E-state index contributed by atoms with van der Waals surface area (Å²) in [6, 6.07) is -0.217. The van der Waals surface area contributed by atoms with E-state index in [1.165, 1.54) is 17.9 Å². The lowest BCUT2D eigenvalue weighted by molar-refractivity contribution is -0.141. The third-order valence-corrected chi connectivity index (χ3v) is 6.03. The molecule has 0 aromatic carbocycles. The Balaban J connectivity index is 1.90. The molecule has 2 N–H and O–H groups in total. The number of urea groups is 1. The van der Waals surface area contributed by atoms with E-state index in [2.05, 4.69) is 15.6 Å². The van der Waals surface area contributed by atoms with E-state index >= 15 is 0 Å². The first-order valence-corrected chi connectivity index (χ1v) is 10.2. The molecular formula is C19H22ClF5N4O2. The molecule has 0 spiro atoms. The Morgan fingerprint density at radius 2 is 1.97 bits per heavy atom. The van der Waals surface area contributed by atoms with Crippen molar-refractivity contribution in [3.8, 4) is 0 Å². The second-order valence-corrected chi connectivity index (χ2v) is 8.25. The number of carbonyl (C=O) groups is 2. The van der Waals surface area contributed by atoms with E-state index in [1.54, 1.807) is 0 Å². The Hall–Kier alpha value is -2.17. The Bertz CT molecular complexity index is 841. The lowest BCUT2D eigenvalue weighted by Gasteiger charge is -2.37. The second-order valence-electron chi connectivity index (χ2n) is 7.85. The van der Waals surface area contributed by atoms with Gasteiger partial charge in [0.2, 0.25) is 11.8 Å². The van der Waals surface area contributed by atoms with Crippen LogP contribution >= 0.6 is 11.6 Å². The Labute approximate surface area is 180 Å². The fourth-order valence-corrected chi connectivity index (χ4v) is 4.15. The number of halogens is 6. The van der Waals surface area contributed by atoms with Crippen LogP contribution in [0.3, 0.4) is 0 Å². The molecule has 1 saturated carbocycles. The van der Waals surface area contributed by atoms with Crippen molar-refractivity contribution in [3.63, 3.8) is 0 Å². The minimum atomic E-state index is -4.82. The standard InChI is InChI=1S/C19H22ClF5N4O2/c1-10-16(30)26-8-9-29(10)17(31)28-14(11-4-6-18(21,22)7-5-11)13-3-2-12(20)15(27-13)19(23,24)25/h2-3,10-11,14H,4-9H2,1H3,(H,26,30)(H,28,31)/t10-,14?/m1/s1. The molecule has 172 valence electrons. The third kappa shape index (κ3) is 5.36. The highest BCUT2D eigenvalue weighted by atomic mass is 35.5. The number of aromatic nitrogens is 1. The number of amides is 3. The van der Waals surface area contributed by atoms with Crippen molar-refractivity contribution in [2.75, 3.05) is 13.1 Å². The van der Waals surface area contributed by atoms with Crippen LogP contribution in [0.15, 0.2) is 12.1 Å². The van der Waals surface area contributed by atoms with Gasteiger partial charge >= 0.3 is 12.2 Å². The van der Waals surface area contributed by atoms with E-state index in [1.807, 2.05) is 0 Å². The third-order valence-electron chi connectivity index (χ3n) is 5.73. The molecule has 1 aliphatic carbocycles. The van der Waals surface area contributed by atoms with E-state index < -0.39 is 59.7 Å². The molecular weight excluding hydrogens is 447 g/mol. The molecule has 1 aliphatic heterocycles. The molecule has 2 fully saturated rings. The second kappa shape index (κ2) is 8.76. The zero-order chi connectivity index (χ0) is 23.0. The summed E-state index contributed by atoms with van der Waals surface area (Å²) in [5.74, 6) is -3.76. The van der Waals surface area contributed by atoms with Crippen LogP contribution in [0.5, 0.6) is 0 Å².